The second kappa shape index (κ2) is 6.24. The second-order valence-electron chi connectivity index (χ2n) is 4.25. The van der Waals surface area contributed by atoms with Crippen molar-refractivity contribution in [2.75, 3.05) is 18.5 Å². The van der Waals surface area contributed by atoms with E-state index in [0.717, 1.165) is 24.2 Å². The van der Waals surface area contributed by atoms with Gasteiger partial charge >= 0.3 is 0 Å². The predicted octanol–water partition coefficient (Wildman–Crippen LogP) is 2.52. The Kier molecular flexibility index (Phi) is 4.41. The van der Waals surface area contributed by atoms with Crippen LogP contribution < -0.4 is 10.6 Å². The summed E-state index contributed by atoms with van der Waals surface area (Å²) in [6.45, 7) is 0.885. The maximum atomic E-state index is 8.82. The molecule has 3 N–H and O–H groups in total. The first-order chi connectivity index (χ1) is 9.22. The molecule has 1 heterocycles. The topological polar surface area (TPSA) is 61.8 Å². The van der Waals surface area contributed by atoms with Gasteiger partial charge in [0.15, 0.2) is 5.84 Å². The zero-order valence-corrected chi connectivity index (χ0v) is 11.6. The van der Waals surface area contributed by atoms with Gasteiger partial charge in [-0.3, -0.25) is 0 Å². The van der Waals surface area contributed by atoms with Crippen molar-refractivity contribution in [1.29, 1.82) is 0 Å². The molecule has 0 saturated carbocycles. The van der Waals surface area contributed by atoms with Crippen molar-refractivity contribution in [3.05, 3.63) is 52.2 Å². The molecule has 0 fully saturated rings. The maximum Gasteiger partial charge on any atom is 0.172 e. The number of anilines is 1. The zero-order chi connectivity index (χ0) is 13.7. The predicted molar refractivity (Wildman–Crippen MR) is 80.2 cm³/mol. The summed E-state index contributed by atoms with van der Waals surface area (Å²) in [5.41, 5.74) is 7.41. The summed E-state index contributed by atoms with van der Waals surface area (Å²) in [4.78, 5) is 3.47. The molecule has 0 atom stereocenters. The summed E-state index contributed by atoms with van der Waals surface area (Å²) < 4.78 is 0. The van der Waals surface area contributed by atoms with Crippen LogP contribution in [0.15, 0.2) is 46.9 Å². The number of amidine groups is 1. The van der Waals surface area contributed by atoms with Gasteiger partial charge in [0, 0.05) is 29.7 Å². The number of benzene rings is 1. The fourth-order valence-corrected chi connectivity index (χ4v) is 2.63. The first-order valence-electron chi connectivity index (χ1n) is 6.03. The van der Waals surface area contributed by atoms with Gasteiger partial charge in [-0.1, -0.05) is 23.4 Å². The lowest BCUT2D eigenvalue weighted by molar-refractivity contribution is 0.318. The number of nitrogens with two attached hydrogens (primary N) is 1. The van der Waals surface area contributed by atoms with E-state index in [1.807, 2.05) is 31.3 Å². The van der Waals surface area contributed by atoms with Gasteiger partial charge < -0.3 is 15.8 Å². The van der Waals surface area contributed by atoms with Gasteiger partial charge in [-0.25, -0.2) is 0 Å². The summed E-state index contributed by atoms with van der Waals surface area (Å²) >= 11 is 1.76. The van der Waals surface area contributed by atoms with Gasteiger partial charge in [0.05, 0.1) is 0 Å². The van der Waals surface area contributed by atoms with E-state index in [1.165, 1.54) is 4.88 Å². The van der Waals surface area contributed by atoms with Crippen molar-refractivity contribution in [3.63, 3.8) is 0 Å². The largest absolute Gasteiger partial charge is 0.409 e. The van der Waals surface area contributed by atoms with Crippen molar-refractivity contribution in [2.24, 2.45) is 10.9 Å². The number of nitrogens with zero attached hydrogens (tertiary/aromatic N) is 2. The normalized spacial score (nSPS) is 11.5. The smallest absolute Gasteiger partial charge is 0.172 e. The minimum Gasteiger partial charge on any atom is -0.409 e. The lowest BCUT2D eigenvalue weighted by atomic mass is 10.1. The summed E-state index contributed by atoms with van der Waals surface area (Å²) in [5, 5.41) is 14.0. The Morgan fingerprint density at radius 3 is 2.79 bits per heavy atom. The molecule has 0 aliphatic rings. The number of rotatable bonds is 5. The van der Waals surface area contributed by atoms with Crippen molar-refractivity contribution in [2.45, 2.75) is 6.42 Å². The van der Waals surface area contributed by atoms with Crippen molar-refractivity contribution < 1.29 is 5.21 Å². The number of para-hydroxylation sites is 1. The van der Waals surface area contributed by atoms with E-state index < -0.39 is 0 Å². The average Bonchev–Trinajstić information content (AvgIpc) is 2.97. The average molecular weight is 275 g/mol. The van der Waals surface area contributed by atoms with Crippen LogP contribution in [-0.4, -0.2) is 24.6 Å². The molecule has 2 rings (SSSR count). The highest BCUT2D eigenvalue weighted by atomic mass is 32.1. The Morgan fingerprint density at radius 2 is 2.11 bits per heavy atom. The molecule has 0 spiro atoms. The van der Waals surface area contributed by atoms with Gasteiger partial charge in [0.2, 0.25) is 0 Å². The van der Waals surface area contributed by atoms with E-state index in [9.17, 15) is 0 Å². The van der Waals surface area contributed by atoms with Crippen LogP contribution in [0, 0.1) is 0 Å². The van der Waals surface area contributed by atoms with E-state index in [2.05, 4.69) is 27.6 Å². The van der Waals surface area contributed by atoms with Crippen LogP contribution in [0.2, 0.25) is 0 Å². The first kappa shape index (κ1) is 13.4. The molecule has 0 amide bonds. The monoisotopic (exact) mass is 275 g/mol. The Labute approximate surface area is 116 Å². The van der Waals surface area contributed by atoms with E-state index in [0.29, 0.717) is 0 Å². The Balaban J connectivity index is 2.12. The highest BCUT2D eigenvalue weighted by Crippen LogP contribution is 2.20. The standard InChI is InChI=1S/C14H17N3OS/c1-17(9-8-11-5-4-10-19-11)13-7-3-2-6-12(13)14(15)16-18/h2-7,10,18H,8-9H2,1H3,(H2,15,16). The lowest BCUT2D eigenvalue weighted by Crippen LogP contribution is -2.24. The molecule has 0 unspecified atom stereocenters. The molecule has 1 aromatic carbocycles. The van der Waals surface area contributed by atoms with E-state index in [1.54, 1.807) is 11.3 Å². The Morgan fingerprint density at radius 1 is 1.32 bits per heavy atom. The third-order valence-corrected chi connectivity index (χ3v) is 3.91. The van der Waals surface area contributed by atoms with Crippen LogP contribution >= 0.6 is 11.3 Å². The summed E-state index contributed by atoms with van der Waals surface area (Å²) in [7, 11) is 2.01. The second-order valence-corrected chi connectivity index (χ2v) is 5.29. The number of thiophene rings is 1. The zero-order valence-electron chi connectivity index (χ0n) is 10.8. The SMILES string of the molecule is CN(CCc1cccs1)c1ccccc1C(N)=NO. The fraction of sp³-hybridized carbons (Fsp3) is 0.214. The molecule has 5 heteroatoms. The highest BCUT2D eigenvalue weighted by molar-refractivity contribution is 7.09. The number of hydrogen-bond acceptors (Lipinski definition) is 4. The number of oxime groups is 1. The molecule has 0 saturated heterocycles. The van der Waals surface area contributed by atoms with Crippen molar-refractivity contribution >= 4 is 22.9 Å². The van der Waals surface area contributed by atoms with E-state index in [-0.39, 0.29) is 5.84 Å². The van der Waals surface area contributed by atoms with Gasteiger partial charge in [-0.15, -0.1) is 11.3 Å². The van der Waals surface area contributed by atoms with E-state index >= 15 is 0 Å². The minimum atomic E-state index is 0.138. The molecule has 1 aromatic heterocycles. The molecular weight excluding hydrogens is 258 g/mol. The van der Waals surface area contributed by atoms with Crippen molar-refractivity contribution in [1.82, 2.24) is 0 Å². The summed E-state index contributed by atoms with van der Waals surface area (Å²) in [6.07, 6.45) is 0.985. The Hall–Kier alpha value is -2.01. The van der Waals surface area contributed by atoms with Gasteiger partial charge in [-0.05, 0) is 30.0 Å². The van der Waals surface area contributed by atoms with Crippen LogP contribution in [0.25, 0.3) is 0 Å². The van der Waals surface area contributed by atoms with Crippen LogP contribution in [0.3, 0.4) is 0 Å². The molecule has 0 radical (unpaired) electrons. The summed E-state index contributed by atoms with van der Waals surface area (Å²) in [5.74, 6) is 0.138. The Bertz CT molecular complexity index is 552. The quantitative estimate of drug-likeness (QED) is 0.381. The van der Waals surface area contributed by atoms with Crippen LogP contribution in [0.5, 0.6) is 0 Å². The third-order valence-electron chi connectivity index (χ3n) is 2.97. The highest BCUT2D eigenvalue weighted by Gasteiger charge is 2.10. The summed E-state index contributed by atoms with van der Waals surface area (Å²) in [6, 6.07) is 11.8. The van der Waals surface area contributed by atoms with Crippen molar-refractivity contribution in [3.8, 4) is 0 Å². The molecule has 19 heavy (non-hydrogen) atoms. The van der Waals surface area contributed by atoms with Gasteiger partial charge in [0.1, 0.15) is 0 Å². The maximum absolute atomic E-state index is 8.82. The fourth-order valence-electron chi connectivity index (χ4n) is 1.93. The molecule has 0 aliphatic carbocycles. The van der Waals surface area contributed by atoms with Gasteiger partial charge in [-0.2, -0.15) is 0 Å². The first-order valence-corrected chi connectivity index (χ1v) is 6.91. The van der Waals surface area contributed by atoms with Crippen LogP contribution in [0.4, 0.5) is 5.69 Å². The molecule has 0 bridgehead atoms. The van der Waals surface area contributed by atoms with Gasteiger partial charge in [0.25, 0.3) is 0 Å². The van der Waals surface area contributed by atoms with Crippen LogP contribution in [-0.2, 0) is 6.42 Å². The number of likely N-dealkylation sites (N-methyl/N-ethyl adjacent to an activating group) is 1. The molecule has 2 aromatic rings. The van der Waals surface area contributed by atoms with E-state index in [4.69, 9.17) is 10.9 Å². The molecule has 4 nitrogen and oxygen atoms in total. The molecule has 0 aliphatic heterocycles. The molecular formula is C14H17N3OS. The number of hydrogen-bond donors (Lipinski definition) is 2. The molecule has 100 valence electrons. The van der Waals surface area contributed by atoms with Crippen LogP contribution in [0.1, 0.15) is 10.4 Å². The minimum absolute atomic E-state index is 0.138. The third kappa shape index (κ3) is 3.26. The lowest BCUT2D eigenvalue weighted by Gasteiger charge is -2.21.